The molecular formula is C26H27F2N3O4. The molecule has 1 amide bonds. The van der Waals surface area contributed by atoms with E-state index in [-0.39, 0.29) is 30.9 Å². The Labute approximate surface area is 202 Å². The summed E-state index contributed by atoms with van der Waals surface area (Å²) in [6, 6.07) is 12.1. The van der Waals surface area contributed by atoms with Gasteiger partial charge in [-0.1, -0.05) is 26.8 Å². The number of nitrogens with one attached hydrogen (secondary N) is 1. The molecule has 0 unspecified atom stereocenters. The maximum Gasteiger partial charge on any atom is 0.586 e. The van der Waals surface area contributed by atoms with E-state index in [4.69, 9.17) is 0 Å². The number of rotatable bonds is 5. The number of halogens is 2. The van der Waals surface area contributed by atoms with Crippen molar-refractivity contribution in [3.05, 3.63) is 53.2 Å². The van der Waals surface area contributed by atoms with Crippen LogP contribution in [0.25, 0.3) is 10.9 Å². The lowest BCUT2D eigenvalue weighted by Crippen LogP contribution is -2.28. The van der Waals surface area contributed by atoms with Crippen LogP contribution in [0.15, 0.2) is 36.4 Å². The van der Waals surface area contributed by atoms with Crippen LogP contribution < -0.4 is 14.8 Å². The number of anilines is 1. The van der Waals surface area contributed by atoms with E-state index in [0.29, 0.717) is 41.6 Å². The first-order valence-electron chi connectivity index (χ1n) is 11.4. The fraction of sp³-hybridized carbons (Fsp3) is 0.385. The van der Waals surface area contributed by atoms with Gasteiger partial charge in [-0.25, -0.2) is 0 Å². The van der Waals surface area contributed by atoms with Crippen molar-refractivity contribution >= 4 is 22.5 Å². The number of nitrogens with zero attached hydrogens (tertiary/aromatic N) is 2. The van der Waals surface area contributed by atoms with Gasteiger partial charge in [-0.2, -0.15) is 5.26 Å². The summed E-state index contributed by atoms with van der Waals surface area (Å²) in [4.78, 5) is 13.4. The second kappa shape index (κ2) is 7.68. The van der Waals surface area contributed by atoms with Crippen LogP contribution in [0.5, 0.6) is 11.5 Å². The first-order chi connectivity index (χ1) is 16.5. The van der Waals surface area contributed by atoms with E-state index in [9.17, 15) is 23.9 Å². The predicted octanol–water partition coefficient (Wildman–Crippen LogP) is 5.04. The molecule has 5 rings (SSSR count). The van der Waals surface area contributed by atoms with Crippen LogP contribution in [-0.2, 0) is 22.2 Å². The molecule has 2 aliphatic rings. The van der Waals surface area contributed by atoms with Gasteiger partial charge >= 0.3 is 6.29 Å². The Kier molecular flexibility index (Phi) is 5.08. The van der Waals surface area contributed by atoms with E-state index >= 15 is 0 Å². The molecule has 1 fully saturated rings. The Balaban J connectivity index is 0.00000304. The van der Waals surface area contributed by atoms with Gasteiger partial charge in [0.05, 0.1) is 23.3 Å². The van der Waals surface area contributed by atoms with Gasteiger partial charge in [-0.3, -0.25) is 4.79 Å². The number of fused-ring (bicyclic) bond motifs is 2. The highest BCUT2D eigenvalue weighted by Gasteiger charge is 2.53. The third-order valence-corrected chi connectivity index (χ3v) is 6.68. The quantitative estimate of drug-likeness (QED) is 0.530. The molecule has 0 radical (unpaired) electrons. The number of hydrogen-bond donors (Lipinski definition) is 2. The highest BCUT2D eigenvalue weighted by molar-refractivity contribution is 6.04. The van der Waals surface area contributed by atoms with Gasteiger partial charge in [0, 0.05) is 30.0 Å². The Morgan fingerprint density at radius 1 is 1.20 bits per heavy atom. The molecule has 0 saturated heterocycles. The van der Waals surface area contributed by atoms with Gasteiger partial charge in [0.15, 0.2) is 11.5 Å². The third kappa shape index (κ3) is 3.78. The second-order valence-corrected chi connectivity index (χ2v) is 10.1. The Morgan fingerprint density at radius 3 is 2.54 bits per heavy atom. The molecule has 9 heteroatoms. The van der Waals surface area contributed by atoms with E-state index in [0.717, 1.165) is 11.2 Å². The molecule has 35 heavy (non-hydrogen) atoms. The van der Waals surface area contributed by atoms with Crippen molar-refractivity contribution in [1.29, 1.82) is 5.26 Å². The number of benzene rings is 2. The summed E-state index contributed by atoms with van der Waals surface area (Å²) in [5.41, 5.74) is 1.92. The summed E-state index contributed by atoms with van der Waals surface area (Å²) in [7, 11) is 0. The fourth-order valence-corrected chi connectivity index (χ4v) is 4.78. The number of nitriles is 1. The van der Waals surface area contributed by atoms with Crippen molar-refractivity contribution < 1.29 is 29.6 Å². The summed E-state index contributed by atoms with van der Waals surface area (Å²) in [6.07, 6.45) is -2.64. The fourth-order valence-electron chi connectivity index (χ4n) is 4.78. The molecule has 2 N–H and O–H groups in total. The average molecular weight is 484 g/mol. The SMILES string of the molecule is CC(C)(C)c1cc2c(C#N)c(NC(=O)C3(c4ccc5c(c4)OC(F)(F)O5)CC3)ccc2n1CCO.[HH]. The molecule has 1 saturated carbocycles. The molecule has 1 aliphatic carbocycles. The summed E-state index contributed by atoms with van der Waals surface area (Å²) in [6.45, 7) is 6.52. The lowest BCUT2D eigenvalue weighted by Gasteiger charge is -2.21. The minimum Gasteiger partial charge on any atom is -0.395 e. The number of carbonyl (C=O) groups excluding carboxylic acids is 1. The minimum absolute atomic E-state index is 0. The van der Waals surface area contributed by atoms with Crippen molar-refractivity contribution in [2.24, 2.45) is 0 Å². The van der Waals surface area contributed by atoms with Gasteiger partial charge < -0.3 is 24.5 Å². The highest BCUT2D eigenvalue weighted by atomic mass is 19.3. The third-order valence-electron chi connectivity index (χ3n) is 6.68. The monoisotopic (exact) mass is 483 g/mol. The molecular weight excluding hydrogens is 456 g/mol. The Hall–Kier alpha value is -3.64. The maximum absolute atomic E-state index is 13.4. The number of carbonyl (C=O) groups is 1. The molecule has 3 aromatic rings. The normalized spacial score (nSPS) is 17.3. The first kappa shape index (κ1) is 23.1. The van der Waals surface area contributed by atoms with Gasteiger partial charge in [0.1, 0.15) is 6.07 Å². The van der Waals surface area contributed by atoms with E-state index < -0.39 is 11.7 Å². The number of aliphatic hydroxyl groups is 1. The number of amides is 1. The standard InChI is InChI=1S/C26H25F2N3O4.H2/c1-24(2,3)22-13-16-17(14-29)18(5-6-19(16)31(22)10-11-32)30-23(33)25(8-9-25)15-4-7-20-21(12-15)35-26(27,28)34-20;/h4-7,12-13,32H,8-11H2,1-3H3,(H,30,33);1H. The number of ether oxygens (including phenoxy) is 2. The van der Waals surface area contributed by atoms with Crippen LogP contribution in [0, 0.1) is 11.3 Å². The molecule has 1 aromatic heterocycles. The number of alkyl halides is 2. The Morgan fingerprint density at radius 2 is 1.91 bits per heavy atom. The van der Waals surface area contributed by atoms with Crippen LogP contribution in [0.1, 0.15) is 51.9 Å². The minimum atomic E-state index is -3.73. The van der Waals surface area contributed by atoms with Crippen LogP contribution >= 0.6 is 0 Å². The van der Waals surface area contributed by atoms with Crippen molar-refractivity contribution in [3.8, 4) is 17.6 Å². The van der Waals surface area contributed by atoms with Crippen LogP contribution in [0.4, 0.5) is 14.5 Å². The van der Waals surface area contributed by atoms with Gasteiger partial charge in [-0.05, 0) is 48.7 Å². The molecule has 2 heterocycles. The number of aromatic nitrogens is 1. The highest BCUT2D eigenvalue weighted by Crippen LogP contribution is 2.52. The lowest BCUT2D eigenvalue weighted by molar-refractivity contribution is -0.286. The van der Waals surface area contributed by atoms with Gasteiger partial charge in [0.2, 0.25) is 5.91 Å². The maximum atomic E-state index is 13.4. The van der Waals surface area contributed by atoms with E-state index in [1.165, 1.54) is 12.1 Å². The van der Waals surface area contributed by atoms with Crippen LogP contribution in [0.3, 0.4) is 0 Å². The molecule has 2 aromatic carbocycles. The van der Waals surface area contributed by atoms with E-state index in [1.807, 2.05) is 16.7 Å². The van der Waals surface area contributed by atoms with Crippen LogP contribution in [0.2, 0.25) is 0 Å². The average Bonchev–Trinajstić information content (AvgIpc) is 3.42. The molecule has 0 atom stereocenters. The summed E-state index contributed by atoms with van der Waals surface area (Å²) >= 11 is 0. The van der Waals surface area contributed by atoms with Crippen molar-refractivity contribution in [2.75, 3.05) is 11.9 Å². The predicted molar refractivity (Wildman–Crippen MR) is 127 cm³/mol. The van der Waals surface area contributed by atoms with E-state index in [2.05, 4.69) is 41.6 Å². The zero-order chi connectivity index (χ0) is 25.2. The van der Waals surface area contributed by atoms with Crippen LogP contribution in [-0.4, -0.2) is 28.5 Å². The number of aliphatic hydroxyl groups excluding tert-OH is 1. The summed E-state index contributed by atoms with van der Waals surface area (Å²) in [5.74, 6) is -0.496. The molecule has 0 spiro atoms. The number of hydrogen-bond acceptors (Lipinski definition) is 5. The molecule has 7 nitrogen and oxygen atoms in total. The van der Waals surface area contributed by atoms with Crippen molar-refractivity contribution in [2.45, 2.75) is 57.3 Å². The lowest BCUT2D eigenvalue weighted by atomic mass is 9.91. The zero-order valence-corrected chi connectivity index (χ0v) is 19.6. The summed E-state index contributed by atoms with van der Waals surface area (Å²) in [5, 5.41) is 23.2. The molecule has 184 valence electrons. The Bertz CT molecular complexity index is 1400. The van der Waals surface area contributed by atoms with Crippen molar-refractivity contribution in [3.63, 3.8) is 0 Å². The molecule has 0 bridgehead atoms. The molecule has 1 aliphatic heterocycles. The van der Waals surface area contributed by atoms with Gasteiger partial charge in [0.25, 0.3) is 0 Å². The smallest absolute Gasteiger partial charge is 0.395 e. The van der Waals surface area contributed by atoms with E-state index in [1.54, 1.807) is 12.1 Å². The second-order valence-electron chi connectivity index (χ2n) is 10.1. The first-order valence-corrected chi connectivity index (χ1v) is 11.4. The largest absolute Gasteiger partial charge is 0.586 e. The topological polar surface area (TPSA) is 96.5 Å². The summed E-state index contributed by atoms with van der Waals surface area (Å²) < 4.78 is 37.8. The zero-order valence-electron chi connectivity index (χ0n) is 19.6. The van der Waals surface area contributed by atoms with Gasteiger partial charge in [-0.15, -0.1) is 8.78 Å². The van der Waals surface area contributed by atoms with Crippen molar-refractivity contribution in [1.82, 2.24) is 4.57 Å².